The van der Waals surface area contributed by atoms with Gasteiger partial charge in [0.15, 0.2) is 6.61 Å². The first-order valence-corrected chi connectivity index (χ1v) is 10.8. The SMILES string of the molecule is CC(C)CCNC(=O)COc1ccc(S(=O)(=O)N[C@H](C)c2ccccc2)cc1. The molecule has 2 aromatic carbocycles. The van der Waals surface area contributed by atoms with Gasteiger partial charge in [-0.1, -0.05) is 44.2 Å². The highest BCUT2D eigenvalue weighted by atomic mass is 32.2. The largest absolute Gasteiger partial charge is 0.484 e. The van der Waals surface area contributed by atoms with Gasteiger partial charge in [0, 0.05) is 12.6 Å². The second kappa shape index (κ2) is 10.2. The molecule has 6 nitrogen and oxygen atoms in total. The molecule has 0 saturated carbocycles. The highest BCUT2D eigenvalue weighted by molar-refractivity contribution is 7.89. The van der Waals surface area contributed by atoms with Crippen molar-refractivity contribution in [1.82, 2.24) is 10.0 Å². The molecule has 0 bridgehead atoms. The van der Waals surface area contributed by atoms with E-state index in [1.165, 1.54) is 12.1 Å². The number of hydrogen-bond donors (Lipinski definition) is 2. The van der Waals surface area contributed by atoms with Gasteiger partial charge in [0.2, 0.25) is 10.0 Å². The highest BCUT2D eigenvalue weighted by Crippen LogP contribution is 2.19. The Morgan fingerprint density at radius 3 is 2.25 bits per heavy atom. The minimum Gasteiger partial charge on any atom is -0.484 e. The van der Waals surface area contributed by atoms with Crippen molar-refractivity contribution in [2.75, 3.05) is 13.2 Å². The smallest absolute Gasteiger partial charge is 0.257 e. The first kappa shape index (κ1) is 21.9. The molecule has 7 heteroatoms. The Hall–Kier alpha value is -2.38. The number of nitrogens with one attached hydrogen (secondary N) is 2. The lowest BCUT2D eigenvalue weighted by Crippen LogP contribution is -2.30. The fourth-order valence-corrected chi connectivity index (χ4v) is 3.76. The van der Waals surface area contributed by atoms with Gasteiger partial charge in [-0.2, -0.15) is 0 Å². The molecule has 0 aliphatic rings. The van der Waals surface area contributed by atoms with Crippen molar-refractivity contribution >= 4 is 15.9 Å². The Kier molecular flexibility index (Phi) is 8.02. The molecular weight excluding hydrogens is 376 g/mol. The molecule has 0 heterocycles. The summed E-state index contributed by atoms with van der Waals surface area (Å²) in [6.45, 7) is 6.49. The van der Waals surface area contributed by atoms with Gasteiger partial charge in [-0.05, 0) is 49.1 Å². The Morgan fingerprint density at radius 2 is 1.64 bits per heavy atom. The van der Waals surface area contributed by atoms with Crippen LogP contribution in [0.5, 0.6) is 5.75 Å². The first-order valence-electron chi connectivity index (χ1n) is 9.35. The summed E-state index contributed by atoms with van der Waals surface area (Å²) in [6.07, 6.45) is 0.909. The molecule has 0 aromatic heterocycles. The van der Waals surface area contributed by atoms with E-state index in [0.717, 1.165) is 12.0 Å². The van der Waals surface area contributed by atoms with Gasteiger partial charge in [0.1, 0.15) is 5.75 Å². The average Bonchev–Trinajstić information content (AvgIpc) is 2.67. The molecule has 2 aromatic rings. The van der Waals surface area contributed by atoms with Gasteiger partial charge in [0.05, 0.1) is 4.90 Å². The van der Waals surface area contributed by atoms with Crippen molar-refractivity contribution in [2.45, 2.75) is 38.1 Å². The number of amides is 1. The quantitative estimate of drug-likeness (QED) is 0.637. The number of benzene rings is 2. The maximum absolute atomic E-state index is 12.6. The second-order valence-electron chi connectivity index (χ2n) is 7.05. The molecule has 1 atom stereocenters. The molecule has 152 valence electrons. The molecule has 0 fully saturated rings. The van der Waals surface area contributed by atoms with Crippen LogP contribution in [0.15, 0.2) is 59.5 Å². The molecular formula is C21H28N2O4S. The van der Waals surface area contributed by atoms with E-state index in [0.29, 0.717) is 18.2 Å². The second-order valence-corrected chi connectivity index (χ2v) is 8.76. The summed E-state index contributed by atoms with van der Waals surface area (Å²) >= 11 is 0. The number of carbonyl (C=O) groups excluding carboxylic acids is 1. The van der Waals surface area contributed by atoms with Crippen LogP contribution < -0.4 is 14.8 Å². The normalized spacial score (nSPS) is 12.6. The fraction of sp³-hybridized carbons (Fsp3) is 0.381. The van der Waals surface area contributed by atoms with Crippen molar-refractivity contribution in [3.05, 3.63) is 60.2 Å². The topological polar surface area (TPSA) is 84.5 Å². The monoisotopic (exact) mass is 404 g/mol. The maximum atomic E-state index is 12.6. The lowest BCUT2D eigenvalue weighted by Gasteiger charge is -2.15. The molecule has 0 unspecified atom stereocenters. The molecule has 2 rings (SSSR count). The van der Waals surface area contributed by atoms with Crippen LogP contribution in [0, 0.1) is 5.92 Å². The molecule has 28 heavy (non-hydrogen) atoms. The predicted molar refractivity (Wildman–Crippen MR) is 110 cm³/mol. The van der Waals surface area contributed by atoms with E-state index in [4.69, 9.17) is 4.74 Å². The summed E-state index contributed by atoms with van der Waals surface area (Å²) in [4.78, 5) is 11.9. The lowest BCUT2D eigenvalue weighted by atomic mass is 10.1. The molecule has 1 amide bonds. The third-order valence-electron chi connectivity index (χ3n) is 4.18. The van der Waals surface area contributed by atoms with Crippen LogP contribution in [-0.2, 0) is 14.8 Å². The van der Waals surface area contributed by atoms with E-state index in [-0.39, 0.29) is 23.5 Å². The zero-order valence-corrected chi connectivity index (χ0v) is 17.3. The van der Waals surface area contributed by atoms with E-state index < -0.39 is 10.0 Å². The zero-order chi connectivity index (χ0) is 20.6. The van der Waals surface area contributed by atoms with Crippen molar-refractivity contribution < 1.29 is 17.9 Å². The predicted octanol–water partition coefficient (Wildman–Crippen LogP) is 3.27. The van der Waals surface area contributed by atoms with Crippen LogP contribution in [0.2, 0.25) is 0 Å². The van der Waals surface area contributed by atoms with Crippen molar-refractivity contribution in [1.29, 1.82) is 0 Å². The Bertz CT molecular complexity index is 850. The van der Waals surface area contributed by atoms with Crippen molar-refractivity contribution in [3.63, 3.8) is 0 Å². The summed E-state index contributed by atoms with van der Waals surface area (Å²) in [5.74, 6) is 0.763. The van der Waals surface area contributed by atoms with Crippen molar-refractivity contribution in [3.8, 4) is 5.75 Å². The van der Waals surface area contributed by atoms with Gasteiger partial charge in [-0.3, -0.25) is 4.79 Å². The van der Waals surface area contributed by atoms with Gasteiger partial charge in [-0.25, -0.2) is 13.1 Å². The first-order chi connectivity index (χ1) is 13.3. The molecule has 2 N–H and O–H groups in total. The minimum atomic E-state index is -3.66. The van der Waals surface area contributed by atoms with Crippen LogP contribution in [-0.4, -0.2) is 27.5 Å². The number of rotatable bonds is 10. The zero-order valence-electron chi connectivity index (χ0n) is 16.5. The number of carbonyl (C=O) groups is 1. The summed E-state index contributed by atoms with van der Waals surface area (Å²) in [6, 6.07) is 15.0. The minimum absolute atomic E-state index is 0.104. The third kappa shape index (κ3) is 6.98. The summed E-state index contributed by atoms with van der Waals surface area (Å²) in [5.41, 5.74) is 0.884. The standard InChI is InChI=1S/C21H28N2O4S/c1-16(2)13-14-22-21(24)15-27-19-9-11-20(12-10-19)28(25,26)23-17(3)18-7-5-4-6-8-18/h4-12,16-17,23H,13-15H2,1-3H3,(H,22,24)/t17-/m1/s1. The Balaban J connectivity index is 1.89. The maximum Gasteiger partial charge on any atom is 0.257 e. The number of hydrogen-bond acceptors (Lipinski definition) is 4. The molecule has 0 saturated heterocycles. The molecule has 0 radical (unpaired) electrons. The lowest BCUT2D eigenvalue weighted by molar-refractivity contribution is -0.123. The number of sulfonamides is 1. The third-order valence-corrected chi connectivity index (χ3v) is 5.74. The summed E-state index contributed by atoms with van der Waals surface area (Å²) < 4.78 is 33.2. The van der Waals surface area contributed by atoms with E-state index in [1.807, 2.05) is 30.3 Å². The molecule has 0 spiro atoms. The molecule has 0 aliphatic heterocycles. The summed E-state index contributed by atoms with van der Waals surface area (Å²) in [7, 11) is -3.66. The molecule has 0 aliphatic carbocycles. The van der Waals surface area contributed by atoms with Crippen molar-refractivity contribution in [2.24, 2.45) is 5.92 Å². The Labute approximate surface area is 167 Å². The average molecular weight is 405 g/mol. The van der Waals surface area contributed by atoms with Gasteiger partial charge in [0.25, 0.3) is 5.91 Å². The van der Waals surface area contributed by atoms with E-state index in [1.54, 1.807) is 19.1 Å². The van der Waals surface area contributed by atoms with Crippen LogP contribution in [0.25, 0.3) is 0 Å². The van der Waals surface area contributed by atoms with Gasteiger partial charge >= 0.3 is 0 Å². The Morgan fingerprint density at radius 1 is 1.00 bits per heavy atom. The van der Waals surface area contributed by atoms with Gasteiger partial charge in [-0.15, -0.1) is 0 Å². The van der Waals surface area contributed by atoms with E-state index in [2.05, 4.69) is 23.9 Å². The number of ether oxygens (including phenoxy) is 1. The summed E-state index contributed by atoms with van der Waals surface area (Å²) in [5, 5.41) is 2.79. The van der Waals surface area contributed by atoms with Crippen LogP contribution in [0.3, 0.4) is 0 Å². The van der Waals surface area contributed by atoms with E-state index >= 15 is 0 Å². The van der Waals surface area contributed by atoms with Crippen LogP contribution >= 0.6 is 0 Å². The van der Waals surface area contributed by atoms with Gasteiger partial charge < -0.3 is 10.1 Å². The highest BCUT2D eigenvalue weighted by Gasteiger charge is 2.18. The van der Waals surface area contributed by atoms with Crippen LogP contribution in [0.1, 0.15) is 38.8 Å². The fourth-order valence-electron chi connectivity index (χ4n) is 2.53. The van der Waals surface area contributed by atoms with Crippen LogP contribution in [0.4, 0.5) is 0 Å². The van der Waals surface area contributed by atoms with E-state index in [9.17, 15) is 13.2 Å².